The van der Waals surface area contributed by atoms with Gasteiger partial charge in [0.2, 0.25) is 5.78 Å². The minimum Gasteiger partial charge on any atom is -0.444 e. The van der Waals surface area contributed by atoms with E-state index in [-0.39, 0.29) is 50.2 Å². The van der Waals surface area contributed by atoms with Crippen molar-refractivity contribution in [1.82, 2.24) is 4.90 Å². The van der Waals surface area contributed by atoms with Gasteiger partial charge in [-0.3, -0.25) is 14.1 Å². The van der Waals surface area contributed by atoms with Crippen molar-refractivity contribution in [3.8, 4) is 12.3 Å². The van der Waals surface area contributed by atoms with Crippen LogP contribution < -0.4 is 5.73 Å². The molecule has 1 amide bonds. The number of ether oxygens (including phenoxy) is 1. The molecule has 0 bridgehead atoms. The third-order valence-corrected chi connectivity index (χ3v) is 4.16. The van der Waals surface area contributed by atoms with Crippen LogP contribution in [-0.4, -0.2) is 42.0 Å². The predicted molar refractivity (Wildman–Crippen MR) is 103 cm³/mol. The smallest absolute Gasteiger partial charge is 0.410 e. The number of hydrogen-bond acceptors (Lipinski definition) is 4. The maximum atomic E-state index is 12.0. The summed E-state index contributed by atoms with van der Waals surface area (Å²) in [4.78, 5) is 25.1. The fourth-order valence-electron chi connectivity index (χ4n) is 2.78. The zero-order valence-electron chi connectivity index (χ0n) is 16.5. The molecular weight excluding hydrogens is 460 g/mol. The van der Waals surface area contributed by atoms with Crippen molar-refractivity contribution in [3.63, 3.8) is 0 Å². The number of carbonyl (C=O) groups is 2. The molecule has 0 aromatic heterocycles. The average Bonchev–Trinajstić information content (AvgIpc) is 3.27. The van der Waals surface area contributed by atoms with Crippen LogP contribution in [0.15, 0.2) is 18.2 Å². The van der Waals surface area contributed by atoms with Gasteiger partial charge in [0.1, 0.15) is 11.6 Å². The van der Waals surface area contributed by atoms with E-state index in [0.29, 0.717) is 17.5 Å². The van der Waals surface area contributed by atoms with Gasteiger partial charge in [-0.15, -0.1) is 36.2 Å². The number of benzene rings is 1. The maximum absolute atomic E-state index is 12.0. The molecule has 1 aromatic rings. The standard InChI is InChI=1S/C13H17NO3.C6H3ClF.CH5N.Y/c1-5-10(15)11-9-6-8(9)7-14(11)12(16)17-13(2,3)4;7-5-1-3-6(8)4-2-5;1-2;/h1,8-9,11H,6-7H2,2-4H3;1,3-4H;2H2,1H3;/q;-1;;. The molecule has 0 spiro atoms. The molecule has 1 saturated carbocycles. The van der Waals surface area contributed by atoms with Gasteiger partial charge in [-0.1, -0.05) is 5.02 Å². The zero-order valence-corrected chi connectivity index (χ0v) is 20.1. The van der Waals surface area contributed by atoms with Crippen LogP contribution >= 0.6 is 11.6 Å². The first kappa shape index (κ1) is 27.0. The number of amides is 1. The van der Waals surface area contributed by atoms with Crippen molar-refractivity contribution < 1.29 is 51.4 Å². The second kappa shape index (κ2) is 11.9. The van der Waals surface area contributed by atoms with Crippen LogP contribution in [0, 0.1) is 36.1 Å². The second-order valence-corrected chi connectivity index (χ2v) is 7.51. The van der Waals surface area contributed by atoms with Crippen molar-refractivity contribution in [2.45, 2.75) is 38.8 Å². The molecule has 3 rings (SSSR count). The molecule has 2 fully saturated rings. The van der Waals surface area contributed by atoms with Crippen molar-refractivity contribution in [1.29, 1.82) is 0 Å². The zero-order chi connectivity index (χ0) is 20.8. The van der Waals surface area contributed by atoms with E-state index in [2.05, 4.69) is 17.7 Å². The fourth-order valence-corrected chi connectivity index (χ4v) is 2.90. The van der Waals surface area contributed by atoms with Gasteiger partial charge in [0.25, 0.3) is 0 Å². The van der Waals surface area contributed by atoms with Crippen LogP contribution in [0.4, 0.5) is 9.18 Å². The summed E-state index contributed by atoms with van der Waals surface area (Å²) in [6.45, 7) is 6.01. The summed E-state index contributed by atoms with van der Waals surface area (Å²) in [7, 11) is 1.50. The van der Waals surface area contributed by atoms with E-state index in [0.717, 1.165) is 6.42 Å². The number of carbonyl (C=O) groups excluding carboxylic acids is 2. The number of piperidine rings is 1. The van der Waals surface area contributed by atoms with Crippen LogP contribution in [0.25, 0.3) is 0 Å². The van der Waals surface area contributed by atoms with Gasteiger partial charge in [-0.2, -0.15) is 6.07 Å². The number of likely N-dealkylation sites (tertiary alicyclic amines) is 1. The Morgan fingerprint density at radius 1 is 1.39 bits per heavy atom. The number of nitrogens with two attached hydrogens (primary N) is 1. The van der Waals surface area contributed by atoms with Gasteiger partial charge in [0, 0.05) is 45.1 Å². The first-order chi connectivity index (χ1) is 12.6. The number of fused-ring (bicyclic) bond motifs is 1. The Bertz CT molecular complexity index is 680. The predicted octanol–water partition coefficient (Wildman–Crippen LogP) is 3.30. The number of ketones is 1. The quantitative estimate of drug-likeness (QED) is 0.377. The SMILES string of the molecule is C#CC(=O)C1C2CC2CN1C(=O)OC(C)(C)C.CN.Fc1c[c-]c(Cl)cc1.[Y]. The van der Waals surface area contributed by atoms with Crippen molar-refractivity contribution in [3.05, 3.63) is 35.1 Å². The second-order valence-electron chi connectivity index (χ2n) is 7.10. The fraction of sp³-hybridized carbons (Fsp3) is 0.500. The van der Waals surface area contributed by atoms with Gasteiger partial charge >= 0.3 is 6.09 Å². The molecule has 1 heterocycles. The van der Waals surface area contributed by atoms with Crippen LogP contribution in [0.5, 0.6) is 0 Å². The molecule has 151 valence electrons. The van der Waals surface area contributed by atoms with Crippen molar-refractivity contribution in [2.24, 2.45) is 17.6 Å². The largest absolute Gasteiger partial charge is 0.444 e. The molecular formula is C20H25ClFN2O3Y-. The van der Waals surface area contributed by atoms with E-state index in [1.54, 1.807) is 20.8 Å². The number of halogens is 2. The summed E-state index contributed by atoms with van der Waals surface area (Å²) in [5.74, 6) is 2.20. The summed E-state index contributed by atoms with van der Waals surface area (Å²) in [6, 6.07) is 5.97. The molecule has 8 heteroatoms. The Balaban J connectivity index is 0.000000560. The Kier molecular flexibility index (Phi) is 11.5. The summed E-state index contributed by atoms with van der Waals surface area (Å²) >= 11 is 5.39. The minimum atomic E-state index is -0.548. The first-order valence-electron chi connectivity index (χ1n) is 8.53. The van der Waals surface area contributed by atoms with Gasteiger partial charge in [0.05, 0.1) is 0 Å². The van der Waals surface area contributed by atoms with Gasteiger partial charge in [0.15, 0.2) is 0 Å². The number of hydrogen-bond donors (Lipinski definition) is 1. The molecule has 3 unspecified atom stereocenters. The Labute approximate surface area is 196 Å². The van der Waals surface area contributed by atoms with Crippen molar-refractivity contribution >= 4 is 23.5 Å². The minimum absolute atomic E-state index is 0. The molecule has 1 aromatic carbocycles. The summed E-state index contributed by atoms with van der Waals surface area (Å²) in [6.07, 6.45) is 5.71. The van der Waals surface area contributed by atoms with Crippen LogP contribution in [0.3, 0.4) is 0 Å². The molecule has 3 atom stereocenters. The summed E-state index contributed by atoms with van der Waals surface area (Å²) < 4.78 is 17.3. The summed E-state index contributed by atoms with van der Waals surface area (Å²) in [5, 5.41) is 0.436. The van der Waals surface area contributed by atoms with Gasteiger partial charge < -0.3 is 10.5 Å². The van der Waals surface area contributed by atoms with Gasteiger partial charge in [-0.05, 0) is 52.0 Å². The van der Waals surface area contributed by atoms with E-state index >= 15 is 0 Å². The molecule has 2 N–H and O–H groups in total. The van der Waals surface area contributed by atoms with Gasteiger partial charge in [-0.25, -0.2) is 4.79 Å². The third kappa shape index (κ3) is 8.17. The monoisotopic (exact) mass is 484 g/mol. The number of rotatable bonds is 1. The van der Waals surface area contributed by atoms with E-state index in [9.17, 15) is 14.0 Å². The molecule has 1 saturated heterocycles. The van der Waals surface area contributed by atoms with Crippen LogP contribution in [0.1, 0.15) is 27.2 Å². The number of Topliss-reactive ketones (excluding diaryl/α,β-unsaturated/α-hetero) is 1. The van der Waals surface area contributed by atoms with E-state index in [1.807, 2.05) is 0 Å². The first-order valence-corrected chi connectivity index (χ1v) is 8.90. The molecule has 28 heavy (non-hydrogen) atoms. The molecule has 5 nitrogen and oxygen atoms in total. The summed E-state index contributed by atoms with van der Waals surface area (Å²) in [5.41, 5.74) is 3.95. The normalized spacial score (nSPS) is 21.4. The number of nitrogens with zero attached hydrogens (tertiary/aromatic N) is 1. The molecule has 2 aliphatic rings. The van der Waals surface area contributed by atoms with E-state index < -0.39 is 17.7 Å². The van der Waals surface area contributed by atoms with E-state index in [4.69, 9.17) is 22.8 Å². The van der Waals surface area contributed by atoms with Crippen molar-refractivity contribution in [2.75, 3.05) is 13.6 Å². The number of terminal acetylenes is 1. The van der Waals surface area contributed by atoms with E-state index in [1.165, 1.54) is 30.1 Å². The Morgan fingerprint density at radius 2 is 2.00 bits per heavy atom. The Hall–Kier alpha value is -0.996. The maximum Gasteiger partial charge on any atom is 0.410 e. The molecule has 1 aliphatic heterocycles. The third-order valence-electron chi connectivity index (χ3n) is 3.93. The average molecular weight is 485 g/mol. The Morgan fingerprint density at radius 3 is 2.43 bits per heavy atom. The molecule has 1 aliphatic carbocycles. The van der Waals surface area contributed by atoms with Crippen LogP contribution in [0.2, 0.25) is 5.02 Å². The van der Waals surface area contributed by atoms with Crippen LogP contribution in [-0.2, 0) is 42.2 Å². The molecule has 1 radical (unpaired) electrons. The topological polar surface area (TPSA) is 72.6 Å².